The molecule has 0 saturated carbocycles. The van der Waals surface area contributed by atoms with Gasteiger partial charge in [0.1, 0.15) is 11.3 Å². The van der Waals surface area contributed by atoms with Gasteiger partial charge >= 0.3 is 0 Å². The molecule has 1 aromatic heterocycles. The topological polar surface area (TPSA) is 60.3 Å². The molecular weight excluding hydrogens is 340 g/mol. The number of pyridine rings is 1. The van der Waals surface area contributed by atoms with Crippen LogP contribution in [0.15, 0.2) is 59.5 Å². The number of nitrogens with one attached hydrogen (secondary N) is 1. The molecule has 5 heteroatoms. The number of fused-ring (bicyclic) bond motifs is 2. The van der Waals surface area contributed by atoms with Gasteiger partial charge in [0.05, 0.1) is 12.1 Å². The molecule has 1 amide bonds. The molecule has 27 heavy (non-hydrogen) atoms. The fourth-order valence-electron chi connectivity index (χ4n) is 3.67. The number of carbonyl (C=O) groups excluding carboxylic acids is 1. The minimum Gasteiger partial charge on any atom is -0.493 e. The van der Waals surface area contributed by atoms with Crippen molar-refractivity contribution in [3.63, 3.8) is 0 Å². The van der Waals surface area contributed by atoms with Gasteiger partial charge in [0.25, 0.3) is 5.91 Å². The van der Waals surface area contributed by atoms with Crippen LogP contribution in [-0.4, -0.2) is 23.6 Å². The second-order valence-electron chi connectivity index (χ2n) is 7.02. The number of rotatable bonds is 3. The SMILES string of the molecule is Cn1cc(C(=O)NC[C@H]2CCOc3ccccc3C2)c(=O)c2ccccc21. The predicted molar refractivity (Wildman–Crippen MR) is 105 cm³/mol. The van der Waals surface area contributed by atoms with E-state index in [1.807, 2.05) is 48.0 Å². The van der Waals surface area contributed by atoms with E-state index in [9.17, 15) is 9.59 Å². The molecule has 0 unspecified atom stereocenters. The first kappa shape index (κ1) is 17.3. The fraction of sp³-hybridized carbons (Fsp3) is 0.273. The van der Waals surface area contributed by atoms with E-state index >= 15 is 0 Å². The summed E-state index contributed by atoms with van der Waals surface area (Å²) in [5, 5.41) is 3.51. The average molecular weight is 362 g/mol. The molecule has 2 aromatic carbocycles. The zero-order valence-electron chi connectivity index (χ0n) is 15.3. The van der Waals surface area contributed by atoms with Crippen LogP contribution in [0.2, 0.25) is 0 Å². The Morgan fingerprint density at radius 1 is 1.19 bits per heavy atom. The molecule has 0 saturated heterocycles. The van der Waals surface area contributed by atoms with Gasteiger partial charge < -0.3 is 14.6 Å². The third-order valence-electron chi connectivity index (χ3n) is 5.16. The van der Waals surface area contributed by atoms with Gasteiger partial charge in [-0.05, 0) is 42.5 Å². The van der Waals surface area contributed by atoms with Crippen LogP contribution in [0.5, 0.6) is 5.75 Å². The lowest BCUT2D eigenvalue weighted by atomic mass is 9.97. The standard InChI is InChI=1S/C22H22N2O3/c1-24-14-18(21(25)17-7-3-4-8-19(17)24)22(26)23-13-15-10-11-27-20-9-5-2-6-16(20)12-15/h2-9,14-15H,10-13H2,1H3,(H,23,26)/t15-/m0/s1. The largest absolute Gasteiger partial charge is 0.493 e. The van der Waals surface area contributed by atoms with Crippen LogP contribution >= 0.6 is 0 Å². The summed E-state index contributed by atoms with van der Waals surface area (Å²) in [6, 6.07) is 15.3. The van der Waals surface area contributed by atoms with Crippen LogP contribution in [0.25, 0.3) is 10.9 Å². The zero-order chi connectivity index (χ0) is 18.8. The Balaban J connectivity index is 1.51. The Hall–Kier alpha value is -3.08. The lowest BCUT2D eigenvalue weighted by molar-refractivity contribution is 0.0944. The maximum atomic E-state index is 12.7. The Bertz CT molecular complexity index is 1050. The Morgan fingerprint density at radius 3 is 2.85 bits per heavy atom. The average Bonchev–Trinajstić information content (AvgIpc) is 2.91. The molecule has 1 aliphatic rings. The molecule has 5 nitrogen and oxygen atoms in total. The van der Waals surface area contributed by atoms with Crippen LogP contribution in [-0.2, 0) is 13.5 Å². The number of hydrogen-bond acceptors (Lipinski definition) is 3. The quantitative estimate of drug-likeness (QED) is 0.779. The summed E-state index contributed by atoms with van der Waals surface area (Å²) in [7, 11) is 1.85. The third kappa shape index (κ3) is 3.45. The van der Waals surface area contributed by atoms with Gasteiger partial charge in [-0.3, -0.25) is 9.59 Å². The number of carbonyl (C=O) groups is 1. The van der Waals surface area contributed by atoms with Crippen molar-refractivity contribution in [1.29, 1.82) is 0 Å². The van der Waals surface area contributed by atoms with Gasteiger partial charge in [-0.25, -0.2) is 0 Å². The van der Waals surface area contributed by atoms with Crippen molar-refractivity contribution >= 4 is 16.8 Å². The molecular formula is C22H22N2O3. The van der Waals surface area contributed by atoms with Crippen LogP contribution in [0, 0.1) is 5.92 Å². The van der Waals surface area contributed by atoms with Crippen molar-refractivity contribution in [1.82, 2.24) is 9.88 Å². The van der Waals surface area contributed by atoms with E-state index < -0.39 is 0 Å². The van der Waals surface area contributed by atoms with Crippen molar-refractivity contribution in [2.24, 2.45) is 13.0 Å². The van der Waals surface area contributed by atoms with E-state index in [2.05, 4.69) is 11.4 Å². The fourth-order valence-corrected chi connectivity index (χ4v) is 3.67. The summed E-state index contributed by atoms with van der Waals surface area (Å²) in [6.07, 6.45) is 3.34. The molecule has 0 spiro atoms. The third-order valence-corrected chi connectivity index (χ3v) is 5.16. The van der Waals surface area contributed by atoms with Crippen molar-refractivity contribution in [2.45, 2.75) is 12.8 Å². The number of aryl methyl sites for hydroxylation is 1. The highest BCUT2D eigenvalue weighted by Gasteiger charge is 2.20. The molecule has 0 bridgehead atoms. The second-order valence-corrected chi connectivity index (χ2v) is 7.02. The first-order valence-electron chi connectivity index (χ1n) is 9.21. The van der Waals surface area contributed by atoms with E-state index in [-0.39, 0.29) is 22.8 Å². The lowest BCUT2D eigenvalue weighted by Gasteiger charge is -2.15. The predicted octanol–water partition coefficient (Wildman–Crippen LogP) is 2.91. The Morgan fingerprint density at radius 2 is 1.96 bits per heavy atom. The lowest BCUT2D eigenvalue weighted by Crippen LogP contribution is -2.34. The summed E-state index contributed by atoms with van der Waals surface area (Å²) < 4.78 is 7.61. The second kappa shape index (κ2) is 7.27. The number of hydrogen-bond donors (Lipinski definition) is 1. The molecule has 0 aliphatic carbocycles. The van der Waals surface area contributed by atoms with Crippen molar-refractivity contribution in [2.75, 3.05) is 13.2 Å². The first-order valence-corrected chi connectivity index (χ1v) is 9.21. The number of amides is 1. The molecule has 2 heterocycles. The minimum absolute atomic E-state index is 0.182. The van der Waals surface area contributed by atoms with Crippen LogP contribution in [0.3, 0.4) is 0 Å². The smallest absolute Gasteiger partial charge is 0.256 e. The monoisotopic (exact) mass is 362 g/mol. The Kier molecular flexibility index (Phi) is 4.67. The molecule has 138 valence electrons. The van der Waals surface area contributed by atoms with E-state index in [0.29, 0.717) is 18.5 Å². The highest BCUT2D eigenvalue weighted by Crippen LogP contribution is 2.26. The van der Waals surface area contributed by atoms with Crippen LogP contribution in [0.4, 0.5) is 0 Å². The number of aromatic nitrogens is 1. The number of benzene rings is 2. The normalized spacial score (nSPS) is 16.3. The van der Waals surface area contributed by atoms with Gasteiger partial charge in [-0.2, -0.15) is 0 Å². The van der Waals surface area contributed by atoms with Gasteiger partial charge in [-0.1, -0.05) is 30.3 Å². The molecule has 1 N–H and O–H groups in total. The maximum absolute atomic E-state index is 12.7. The Labute approximate surface area is 157 Å². The molecule has 3 aromatic rings. The highest BCUT2D eigenvalue weighted by atomic mass is 16.5. The molecule has 4 rings (SSSR count). The summed E-state index contributed by atoms with van der Waals surface area (Å²) in [6.45, 7) is 1.15. The van der Waals surface area contributed by atoms with Gasteiger partial charge in [-0.15, -0.1) is 0 Å². The van der Waals surface area contributed by atoms with E-state index in [1.54, 1.807) is 12.3 Å². The number of ether oxygens (including phenoxy) is 1. The van der Waals surface area contributed by atoms with Gasteiger partial charge in [0.15, 0.2) is 0 Å². The van der Waals surface area contributed by atoms with Gasteiger partial charge in [0.2, 0.25) is 5.43 Å². The molecule has 0 radical (unpaired) electrons. The summed E-state index contributed by atoms with van der Waals surface area (Å²) in [5.41, 5.74) is 1.93. The number of nitrogens with zero attached hydrogens (tertiary/aromatic N) is 1. The van der Waals surface area contributed by atoms with Crippen LogP contribution in [0.1, 0.15) is 22.3 Å². The summed E-state index contributed by atoms with van der Waals surface area (Å²) >= 11 is 0. The molecule has 1 atom stereocenters. The highest BCUT2D eigenvalue weighted by molar-refractivity contribution is 5.97. The molecule has 0 fully saturated rings. The van der Waals surface area contributed by atoms with Crippen molar-refractivity contribution in [3.05, 3.63) is 76.1 Å². The van der Waals surface area contributed by atoms with E-state index in [0.717, 1.165) is 29.7 Å². The number of para-hydroxylation sites is 2. The minimum atomic E-state index is -0.320. The molecule has 1 aliphatic heterocycles. The zero-order valence-corrected chi connectivity index (χ0v) is 15.3. The van der Waals surface area contributed by atoms with E-state index in [4.69, 9.17) is 4.74 Å². The van der Waals surface area contributed by atoms with Crippen molar-refractivity contribution in [3.8, 4) is 5.75 Å². The van der Waals surface area contributed by atoms with Gasteiger partial charge in [0, 0.05) is 25.2 Å². The van der Waals surface area contributed by atoms with Crippen molar-refractivity contribution < 1.29 is 9.53 Å². The first-order chi connectivity index (χ1) is 13.1. The summed E-state index contributed by atoms with van der Waals surface area (Å²) in [4.78, 5) is 25.4. The van der Waals surface area contributed by atoms with E-state index in [1.165, 1.54) is 0 Å². The maximum Gasteiger partial charge on any atom is 0.256 e. The summed E-state index contributed by atoms with van der Waals surface area (Å²) in [5.74, 6) is 0.886. The van der Waals surface area contributed by atoms with Crippen LogP contribution < -0.4 is 15.5 Å².